The number of nitrogens with zero attached hydrogens (tertiary/aromatic N) is 5. The molecule has 0 radical (unpaired) electrons. The van der Waals surface area contributed by atoms with Crippen molar-refractivity contribution < 1.29 is 4.79 Å². The lowest BCUT2D eigenvalue weighted by atomic mass is 10.2. The predicted octanol–water partition coefficient (Wildman–Crippen LogP) is -0.595. The quantitative estimate of drug-likeness (QED) is 0.778. The summed E-state index contributed by atoms with van der Waals surface area (Å²) in [4.78, 5) is 16.7. The summed E-state index contributed by atoms with van der Waals surface area (Å²) in [6.45, 7) is 5.81. The number of hydrogen-bond donors (Lipinski definition) is 1. The van der Waals surface area contributed by atoms with Crippen LogP contribution in [0.25, 0.3) is 0 Å². The number of aromatic nitrogens is 3. The first-order valence-corrected chi connectivity index (χ1v) is 7.38. The fraction of sp³-hybridized carbons (Fsp3) is 0.769. The summed E-state index contributed by atoms with van der Waals surface area (Å²) in [5, 5.41) is 7.85. The van der Waals surface area contributed by atoms with Crippen molar-refractivity contribution in [2.24, 2.45) is 11.7 Å². The van der Waals surface area contributed by atoms with E-state index in [0.29, 0.717) is 18.8 Å². The van der Waals surface area contributed by atoms with E-state index in [1.54, 1.807) is 10.9 Å². The molecule has 0 unspecified atom stereocenters. The molecule has 2 N–H and O–H groups in total. The zero-order valence-electron chi connectivity index (χ0n) is 11.7. The van der Waals surface area contributed by atoms with E-state index in [0.717, 1.165) is 32.1 Å². The first kappa shape index (κ1) is 13.5. The third-order valence-corrected chi connectivity index (χ3v) is 3.99. The van der Waals surface area contributed by atoms with Crippen molar-refractivity contribution in [1.29, 1.82) is 0 Å². The summed E-state index contributed by atoms with van der Waals surface area (Å²) in [6.07, 6.45) is 4.44. The van der Waals surface area contributed by atoms with Crippen LogP contribution in [0.2, 0.25) is 0 Å². The van der Waals surface area contributed by atoms with Gasteiger partial charge in [0.2, 0.25) is 0 Å². The second kappa shape index (κ2) is 5.88. The highest BCUT2D eigenvalue weighted by Gasteiger charge is 2.28. The summed E-state index contributed by atoms with van der Waals surface area (Å²) < 4.78 is 1.62. The molecule has 0 bridgehead atoms. The zero-order chi connectivity index (χ0) is 13.9. The van der Waals surface area contributed by atoms with Crippen LogP contribution in [-0.4, -0.2) is 70.0 Å². The number of carbonyl (C=O) groups is 1. The van der Waals surface area contributed by atoms with Crippen molar-refractivity contribution in [3.63, 3.8) is 0 Å². The van der Waals surface area contributed by atoms with E-state index < -0.39 is 0 Å². The van der Waals surface area contributed by atoms with E-state index in [4.69, 9.17) is 5.73 Å². The Morgan fingerprint density at radius 2 is 2.05 bits per heavy atom. The van der Waals surface area contributed by atoms with Gasteiger partial charge < -0.3 is 10.6 Å². The van der Waals surface area contributed by atoms with Crippen molar-refractivity contribution >= 4 is 5.91 Å². The molecule has 1 aliphatic heterocycles. The summed E-state index contributed by atoms with van der Waals surface area (Å²) >= 11 is 0. The Labute approximate surface area is 118 Å². The third-order valence-electron chi connectivity index (χ3n) is 3.99. The average Bonchev–Trinajstić information content (AvgIpc) is 3.15. The van der Waals surface area contributed by atoms with Gasteiger partial charge in [0.1, 0.15) is 0 Å². The highest BCUT2D eigenvalue weighted by atomic mass is 16.2. The number of hydrogen-bond acceptors (Lipinski definition) is 5. The Hall–Kier alpha value is -1.47. The fourth-order valence-corrected chi connectivity index (χ4v) is 2.60. The van der Waals surface area contributed by atoms with Gasteiger partial charge in [-0.15, -0.1) is 5.10 Å². The minimum atomic E-state index is -0.0145. The molecule has 2 heterocycles. The number of rotatable bonds is 5. The topological polar surface area (TPSA) is 80.3 Å². The molecule has 1 aliphatic carbocycles. The maximum Gasteiger partial charge on any atom is 0.276 e. The summed E-state index contributed by atoms with van der Waals surface area (Å²) in [7, 11) is 0. The van der Waals surface area contributed by atoms with Crippen LogP contribution in [0.4, 0.5) is 0 Å². The van der Waals surface area contributed by atoms with Gasteiger partial charge in [-0.2, -0.15) is 0 Å². The molecule has 7 heteroatoms. The van der Waals surface area contributed by atoms with Crippen molar-refractivity contribution in [3.8, 4) is 0 Å². The SMILES string of the molecule is NCCn1cc(C(=O)N2CCN(CC3CC3)CC2)nn1. The Bertz CT molecular complexity index is 461. The Morgan fingerprint density at radius 3 is 2.70 bits per heavy atom. The van der Waals surface area contributed by atoms with Gasteiger partial charge in [-0.05, 0) is 18.8 Å². The van der Waals surface area contributed by atoms with Gasteiger partial charge in [0.15, 0.2) is 5.69 Å². The van der Waals surface area contributed by atoms with Crippen LogP contribution in [0, 0.1) is 5.92 Å². The molecule has 0 spiro atoms. The molecule has 2 aliphatic rings. The van der Waals surface area contributed by atoms with Gasteiger partial charge in [0.25, 0.3) is 5.91 Å². The Morgan fingerprint density at radius 1 is 1.30 bits per heavy atom. The second-order valence-corrected chi connectivity index (χ2v) is 5.69. The van der Waals surface area contributed by atoms with Crippen LogP contribution in [0.1, 0.15) is 23.3 Å². The molecule has 3 rings (SSSR count). The lowest BCUT2D eigenvalue weighted by molar-refractivity contribution is 0.0626. The molecule has 1 aromatic rings. The smallest absolute Gasteiger partial charge is 0.276 e. The second-order valence-electron chi connectivity index (χ2n) is 5.69. The standard InChI is InChI=1S/C13H22N6O/c14-3-4-19-10-12(15-16-19)13(20)18-7-5-17(6-8-18)9-11-1-2-11/h10-11H,1-9,14H2. The molecule has 1 saturated carbocycles. The predicted molar refractivity (Wildman–Crippen MR) is 74.1 cm³/mol. The van der Waals surface area contributed by atoms with Gasteiger partial charge >= 0.3 is 0 Å². The monoisotopic (exact) mass is 278 g/mol. The summed E-state index contributed by atoms with van der Waals surface area (Å²) in [6, 6.07) is 0. The first-order valence-electron chi connectivity index (χ1n) is 7.38. The maximum absolute atomic E-state index is 12.3. The Balaban J connectivity index is 1.52. The van der Waals surface area contributed by atoms with Crippen molar-refractivity contribution in [2.45, 2.75) is 19.4 Å². The molecule has 1 aromatic heterocycles. The lowest BCUT2D eigenvalue weighted by Gasteiger charge is -2.34. The molecule has 0 aromatic carbocycles. The van der Waals surface area contributed by atoms with Crippen LogP contribution in [0.5, 0.6) is 0 Å². The van der Waals surface area contributed by atoms with Gasteiger partial charge in [0, 0.05) is 39.3 Å². The van der Waals surface area contributed by atoms with Crippen LogP contribution in [-0.2, 0) is 6.54 Å². The van der Waals surface area contributed by atoms with E-state index in [1.165, 1.54) is 19.4 Å². The summed E-state index contributed by atoms with van der Waals surface area (Å²) in [5.41, 5.74) is 5.88. The van der Waals surface area contributed by atoms with Gasteiger partial charge in [0.05, 0.1) is 12.7 Å². The van der Waals surface area contributed by atoms with E-state index in [-0.39, 0.29) is 5.91 Å². The molecular formula is C13H22N6O. The van der Waals surface area contributed by atoms with Crippen molar-refractivity contribution in [1.82, 2.24) is 24.8 Å². The van der Waals surface area contributed by atoms with E-state index >= 15 is 0 Å². The number of piperazine rings is 1. The average molecular weight is 278 g/mol. The molecule has 1 amide bonds. The van der Waals surface area contributed by atoms with Gasteiger partial charge in [-0.25, -0.2) is 0 Å². The molecule has 20 heavy (non-hydrogen) atoms. The highest BCUT2D eigenvalue weighted by molar-refractivity contribution is 5.92. The van der Waals surface area contributed by atoms with E-state index in [1.807, 2.05) is 4.90 Å². The lowest BCUT2D eigenvalue weighted by Crippen LogP contribution is -2.49. The first-order chi connectivity index (χ1) is 9.76. The van der Waals surface area contributed by atoms with E-state index in [9.17, 15) is 4.79 Å². The van der Waals surface area contributed by atoms with Crippen molar-refractivity contribution in [2.75, 3.05) is 39.3 Å². The maximum atomic E-state index is 12.3. The Kier molecular flexibility index (Phi) is 3.98. The summed E-state index contributed by atoms with van der Waals surface area (Å²) in [5.74, 6) is 0.896. The number of carbonyl (C=O) groups excluding carboxylic acids is 1. The molecule has 7 nitrogen and oxygen atoms in total. The molecule has 1 saturated heterocycles. The minimum Gasteiger partial charge on any atom is -0.335 e. The normalized spacial score (nSPS) is 20.4. The van der Waals surface area contributed by atoms with Crippen LogP contribution < -0.4 is 5.73 Å². The number of nitrogens with two attached hydrogens (primary N) is 1. The molecule has 2 fully saturated rings. The van der Waals surface area contributed by atoms with E-state index in [2.05, 4.69) is 15.2 Å². The molecule has 0 atom stereocenters. The molecule has 110 valence electrons. The highest BCUT2D eigenvalue weighted by Crippen LogP contribution is 2.29. The minimum absolute atomic E-state index is 0.0145. The fourth-order valence-electron chi connectivity index (χ4n) is 2.60. The van der Waals surface area contributed by atoms with Crippen LogP contribution in [0.15, 0.2) is 6.20 Å². The van der Waals surface area contributed by atoms with Crippen molar-refractivity contribution in [3.05, 3.63) is 11.9 Å². The zero-order valence-corrected chi connectivity index (χ0v) is 11.7. The van der Waals surface area contributed by atoms with Crippen LogP contribution in [0.3, 0.4) is 0 Å². The molecular weight excluding hydrogens is 256 g/mol. The number of amides is 1. The van der Waals surface area contributed by atoms with Gasteiger partial charge in [-0.3, -0.25) is 14.4 Å². The van der Waals surface area contributed by atoms with Crippen LogP contribution >= 0.6 is 0 Å². The largest absolute Gasteiger partial charge is 0.335 e. The third kappa shape index (κ3) is 3.16. The van der Waals surface area contributed by atoms with Gasteiger partial charge in [-0.1, -0.05) is 5.21 Å².